The molecule has 4 nitrogen and oxygen atoms in total. The van der Waals surface area contributed by atoms with E-state index in [0.29, 0.717) is 0 Å². The molecule has 0 saturated carbocycles. The molecule has 0 aliphatic heterocycles. The largest absolute Gasteiger partial charge is 0.469 e. The third-order valence-corrected chi connectivity index (χ3v) is 2.73. The Hall–Kier alpha value is -1.29. The molecular formula is C13H22N2O2. The second kappa shape index (κ2) is 7.12. The summed E-state index contributed by atoms with van der Waals surface area (Å²) in [6.07, 6.45) is 5.01. The van der Waals surface area contributed by atoms with Crippen molar-refractivity contribution in [2.24, 2.45) is 5.73 Å². The van der Waals surface area contributed by atoms with Gasteiger partial charge in [-0.2, -0.15) is 0 Å². The first-order valence-corrected chi connectivity index (χ1v) is 6.21. The summed E-state index contributed by atoms with van der Waals surface area (Å²) < 4.78 is 5.24. The number of carbonyl (C=O) groups excluding carboxylic acids is 1. The van der Waals surface area contributed by atoms with Crippen molar-refractivity contribution >= 4 is 5.91 Å². The molecule has 0 aromatic carbocycles. The van der Waals surface area contributed by atoms with E-state index in [1.54, 1.807) is 6.26 Å². The molecule has 0 bridgehead atoms. The molecule has 1 aromatic rings. The Bertz CT molecular complexity index is 322. The van der Waals surface area contributed by atoms with Crippen LogP contribution >= 0.6 is 0 Å². The minimum absolute atomic E-state index is 0.0567. The predicted octanol–water partition coefficient (Wildman–Crippen LogP) is 1.84. The fraction of sp³-hybridized carbons (Fsp3) is 0.615. The number of nitrogens with one attached hydrogen (secondary N) is 1. The molecule has 17 heavy (non-hydrogen) atoms. The fourth-order valence-electron chi connectivity index (χ4n) is 1.68. The van der Waals surface area contributed by atoms with E-state index < -0.39 is 0 Å². The number of carbonyl (C=O) groups is 1. The Balaban J connectivity index is 2.24. The molecule has 4 heteroatoms. The molecule has 3 N–H and O–H groups in total. The summed E-state index contributed by atoms with van der Waals surface area (Å²) in [7, 11) is 0. The zero-order chi connectivity index (χ0) is 12.7. The van der Waals surface area contributed by atoms with E-state index >= 15 is 0 Å². The van der Waals surface area contributed by atoms with Crippen molar-refractivity contribution in [3.05, 3.63) is 24.2 Å². The number of hydrogen-bond donors (Lipinski definition) is 2. The molecule has 1 rings (SSSR count). The van der Waals surface area contributed by atoms with Gasteiger partial charge >= 0.3 is 0 Å². The van der Waals surface area contributed by atoms with Crippen molar-refractivity contribution in [1.82, 2.24) is 5.32 Å². The van der Waals surface area contributed by atoms with E-state index in [9.17, 15) is 4.79 Å². The molecule has 0 aliphatic rings. The van der Waals surface area contributed by atoms with Gasteiger partial charge in [-0.15, -0.1) is 0 Å². The summed E-state index contributed by atoms with van der Waals surface area (Å²) in [5.74, 6) is 0.891. The number of hydrogen-bond acceptors (Lipinski definition) is 3. The minimum Gasteiger partial charge on any atom is -0.469 e. The smallest absolute Gasteiger partial charge is 0.237 e. The highest BCUT2D eigenvalue weighted by Crippen LogP contribution is 2.06. The SMILES string of the molecule is CCC[C@@H](N)C(=O)NC(C)CCc1ccco1. The Morgan fingerprint density at radius 1 is 1.53 bits per heavy atom. The van der Waals surface area contributed by atoms with Gasteiger partial charge in [0.25, 0.3) is 0 Å². The van der Waals surface area contributed by atoms with Crippen LogP contribution in [0.15, 0.2) is 22.8 Å². The summed E-state index contributed by atoms with van der Waals surface area (Å²) in [5.41, 5.74) is 5.74. The second-order valence-electron chi connectivity index (χ2n) is 4.42. The van der Waals surface area contributed by atoms with Gasteiger partial charge in [-0.25, -0.2) is 0 Å². The highest BCUT2D eigenvalue weighted by Gasteiger charge is 2.14. The molecule has 1 amide bonds. The maximum absolute atomic E-state index is 11.6. The lowest BCUT2D eigenvalue weighted by atomic mass is 10.1. The quantitative estimate of drug-likeness (QED) is 0.761. The van der Waals surface area contributed by atoms with E-state index in [2.05, 4.69) is 5.32 Å². The predicted molar refractivity (Wildman–Crippen MR) is 67.5 cm³/mol. The lowest BCUT2D eigenvalue weighted by Crippen LogP contribution is -2.44. The van der Waals surface area contributed by atoms with Crippen LogP contribution in [0.2, 0.25) is 0 Å². The van der Waals surface area contributed by atoms with E-state index in [4.69, 9.17) is 10.2 Å². The highest BCUT2D eigenvalue weighted by atomic mass is 16.3. The molecule has 0 fully saturated rings. The van der Waals surface area contributed by atoms with Gasteiger partial charge in [0.1, 0.15) is 5.76 Å². The van der Waals surface area contributed by atoms with Crippen molar-refractivity contribution in [3.63, 3.8) is 0 Å². The average molecular weight is 238 g/mol. The summed E-state index contributed by atoms with van der Waals surface area (Å²) >= 11 is 0. The van der Waals surface area contributed by atoms with Gasteiger partial charge in [-0.05, 0) is 31.9 Å². The molecule has 1 heterocycles. The van der Waals surface area contributed by atoms with Crippen LogP contribution in [0.25, 0.3) is 0 Å². The first-order chi connectivity index (χ1) is 8.13. The van der Waals surface area contributed by atoms with Crippen LogP contribution in [0.5, 0.6) is 0 Å². The Labute approximate surface area is 103 Å². The van der Waals surface area contributed by atoms with E-state index in [-0.39, 0.29) is 18.0 Å². The van der Waals surface area contributed by atoms with E-state index in [1.165, 1.54) is 0 Å². The molecule has 0 spiro atoms. The van der Waals surface area contributed by atoms with Gasteiger partial charge in [0.05, 0.1) is 12.3 Å². The Morgan fingerprint density at radius 3 is 2.88 bits per heavy atom. The Morgan fingerprint density at radius 2 is 2.29 bits per heavy atom. The third kappa shape index (κ3) is 5.04. The van der Waals surface area contributed by atoms with Crippen LogP contribution < -0.4 is 11.1 Å². The molecule has 1 unspecified atom stereocenters. The average Bonchev–Trinajstić information content (AvgIpc) is 2.79. The van der Waals surface area contributed by atoms with Gasteiger partial charge in [0.15, 0.2) is 0 Å². The number of aryl methyl sites for hydroxylation is 1. The summed E-state index contributed by atoms with van der Waals surface area (Å²) in [6.45, 7) is 4.01. The third-order valence-electron chi connectivity index (χ3n) is 2.73. The minimum atomic E-state index is -0.383. The van der Waals surface area contributed by atoms with Gasteiger partial charge in [0.2, 0.25) is 5.91 Å². The molecule has 96 valence electrons. The van der Waals surface area contributed by atoms with Crippen LogP contribution in [-0.4, -0.2) is 18.0 Å². The second-order valence-corrected chi connectivity index (χ2v) is 4.42. The topological polar surface area (TPSA) is 68.3 Å². The number of nitrogens with two attached hydrogens (primary N) is 1. The summed E-state index contributed by atoms with van der Waals surface area (Å²) in [6, 6.07) is 3.55. The van der Waals surface area contributed by atoms with Crippen LogP contribution in [0.4, 0.5) is 0 Å². The van der Waals surface area contributed by atoms with Gasteiger partial charge < -0.3 is 15.5 Å². The zero-order valence-corrected chi connectivity index (χ0v) is 10.6. The lowest BCUT2D eigenvalue weighted by Gasteiger charge is -2.16. The summed E-state index contributed by atoms with van der Waals surface area (Å²) in [5, 5.41) is 2.92. The van der Waals surface area contributed by atoms with Crippen LogP contribution in [-0.2, 0) is 11.2 Å². The monoisotopic (exact) mass is 238 g/mol. The molecule has 0 radical (unpaired) electrons. The number of rotatable bonds is 7. The van der Waals surface area contributed by atoms with E-state index in [1.807, 2.05) is 26.0 Å². The first kappa shape index (κ1) is 13.8. The molecule has 1 aromatic heterocycles. The molecule has 0 saturated heterocycles. The van der Waals surface area contributed by atoms with Crippen molar-refractivity contribution in [2.45, 2.75) is 51.6 Å². The van der Waals surface area contributed by atoms with Crippen LogP contribution in [0.1, 0.15) is 38.9 Å². The molecular weight excluding hydrogens is 216 g/mol. The fourth-order valence-corrected chi connectivity index (χ4v) is 1.68. The number of amides is 1. The number of furan rings is 1. The highest BCUT2D eigenvalue weighted by molar-refractivity contribution is 5.81. The molecule has 2 atom stereocenters. The van der Waals surface area contributed by atoms with Crippen LogP contribution in [0.3, 0.4) is 0 Å². The van der Waals surface area contributed by atoms with Gasteiger partial charge in [-0.1, -0.05) is 13.3 Å². The van der Waals surface area contributed by atoms with Crippen molar-refractivity contribution < 1.29 is 9.21 Å². The van der Waals surface area contributed by atoms with Crippen molar-refractivity contribution in [1.29, 1.82) is 0 Å². The maximum atomic E-state index is 11.6. The van der Waals surface area contributed by atoms with Crippen molar-refractivity contribution in [2.75, 3.05) is 0 Å². The normalized spacial score (nSPS) is 14.3. The standard InChI is InChI=1S/C13H22N2O2/c1-3-5-12(14)13(16)15-10(2)7-8-11-6-4-9-17-11/h4,6,9-10,12H,3,5,7-8,14H2,1-2H3,(H,15,16)/t10?,12-/m1/s1. The first-order valence-electron chi connectivity index (χ1n) is 6.21. The van der Waals surface area contributed by atoms with Crippen molar-refractivity contribution in [3.8, 4) is 0 Å². The summed E-state index contributed by atoms with van der Waals surface area (Å²) in [4.78, 5) is 11.6. The zero-order valence-electron chi connectivity index (χ0n) is 10.6. The van der Waals surface area contributed by atoms with E-state index in [0.717, 1.165) is 31.4 Å². The van der Waals surface area contributed by atoms with Gasteiger partial charge in [-0.3, -0.25) is 4.79 Å². The Kier molecular flexibility index (Phi) is 5.77. The lowest BCUT2D eigenvalue weighted by molar-refractivity contribution is -0.123. The van der Waals surface area contributed by atoms with Crippen LogP contribution in [0, 0.1) is 0 Å². The molecule has 0 aliphatic carbocycles. The van der Waals surface area contributed by atoms with Gasteiger partial charge in [0, 0.05) is 12.5 Å². The maximum Gasteiger partial charge on any atom is 0.237 e.